The maximum Gasteiger partial charge on any atom is 0.162 e. The molecule has 0 radical (unpaired) electrons. The van der Waals surface area contributed by atoms with Crippen molar-refractivity contribution in [1.82, 2.24) is 9.97 Å². The molecular formula is C27H25N3O4. The van der Waals surface area contributed by atoms with Gasteiger partial charge in [-0.15, -0.1) is 0 Å². The van der Waals surface area contributed by atoms with Crippen LogP contribution in [0.15, 0.2) is 65.1 Å². The smallest absolute Gasteiger partial charge is 0.162 e. The number of nitrogens with zero attached hydrogens (tertiary/aromatic N) is 2. The number of aromatic nitrogens is 2. The molecule has 5 rings (SSSR count). The van der Waals surface area contributed by atoms with Gasteiger partial charge < -0.3 is 23.9 Å². The van der Waals surface area contributed by atoms with Gasteiger partial charge >= 0.3 is 0 Å². The standard InChI is InChI=1S/C27H25N3O4/c1-16-29-22-14-26(33-4)25(32-3)13-21(22)27(30-16)28-15-17-6-5-7-18(10-17)24-12-19-11-20(31-2)8-9-23(19)34-24/h5-14H,15H2,1-4H3,(H,28,29,30). The summed E-state index contributed by atoms with van der Waals surface area (Å²) in [6.07, 6.45) is 0. The van der Waals surface area contributed by atoms with Crippen LogP contribution in [0.1, 0.15) is 11.4 Å². The van der Waals surface area contributed by atoms with E-state index < -0.39 is 0 Å². The number of benzene rings is 3. The lowest BCUT2D eigenvalue weighted by molar-refractivity contribution is 0.356. The van der Waals surface area contributed by atoms with Crippen LogP contribution in [0.25, 0.3) is 33.2 Å². The lowest BCUT2D eigenvalue weighted by Crippen LogP contribution is -2.05. The highest BCUT2D eigenvalue weighted by Gasteiger charge is 2.13. The molecule has 0 fully saturated rings. The van der Waals surface area contributed by atoms with E-state index in [2.05, 4.69) is 27.4 Å². The molecule has 0 aliphatic rings. The van der Waals surface area contributed by atoms with Crippen LogP contribution in [0.4, 0.5) is 5.82 Å². The largest absolute Gasteiger partial charge is 0.497 e. The number of nitrogens with one attached hydrogen (secondary N) is 1. The average molecular weight is 456 g/mol. The molecule has 0 saturated heterocycles. The summed E-state index contributed by atoms with van der Waals surface area (Å²) in [5.41, 5.74) is 3.72. The van der Waals surface area contributed by atoms with E-state index in [0.29, 0.717) is 23.9 Å². The second-order valence-corrected chi connectivity index (χ2v) is 7.91. The SMILES string of the molecule is COc1ccc2oc(-c3cccc(CNc4nc(C)nc5cc(OC)c(OC)cc45)c3)cc2c1. The van der Waals surface area contributed by atoms with Gasteiger partial charge in [-0.05, 0) is 48.9 Å². The normalized spacial score (nSPS) is 11.1. The number of ether oxygens (including phenoxy) is 3. The van der Waals surface area contributed by atoms with Crippen molar-refractivity contribution in [3.05, 3.63) is 72.1 Å². The Morgan fingerprint density at radius 2 is 1.68 bits per heavy atom. The fourth-order valence-corrected chi connectivity index (χ4v) is 4.02. The molecule has 0 aliphatic heterocycles. The summed E-state index contributed by atoms with van der Waals surface area (Å²) in [6, 6.07) is 19.8. The fraction of sp³-hybridized carbons (Fsp3) is 0.185. The molecule has 0 aliphatic carbocycles. The molecule has 34 heavy (non-hydrogen) atoms. The van der Waals surface area contributed by atoms with Gasteiger partial charge in [0, 0.05) is 28.9 Å². The van der Waals surface area contributed by atoms with Gasteiger partial charge in [0.25, 0.3) is 0 Å². The summed E-state index contributed by atoms with van der Waals surface area (Å²) in [5.74, 6) is 4.30. The molecule has 0 atom stereocenters. The third-order valence-electron chi connectivity index (χ3n) is 5.71. The van der Waals surface area contributed by atoms with Crippen LogP contribution < -0.4 is 19.5 Å². The summed E-state index contributed by atoms with van der Waals surface area (Å²) in [6.45, 7) is 2.46. The molecule has 172 valence electrons. The first kappa shape index (κ1) is 21.6. The van der Waals surface area contributed by atoms with Crippen molar-refractivity contribution in [1.29, 1.82) is 0 Å². The highest BCUT2D eigenvalue weighted by Crippen LogP contribution is 2.34. The van der Waals surface area contributed by atoms with Gasteiger partial charge in [0.2, 0.25) is 0 Å². The van der Waals surface area contributed by atoms with Gasteiger partial charge in [-0.3, -0.25) is 0 Å². The monoisotopic (exact) mass is 455 g/mol. The maximum atomic E-state index is 6.07. The van der Waals surface area contributed by atoms with Crippen molar-refractivity contribution in [2.75, 3.05) is 26.6 Å². The molecule has 7 heteroatoms. The van der Waals surface area contributed by atoms with E-state index in [1.54, 1.807) is 21.3 Å². The van der Waals surface area contributed by atoms with Crippen molar-refractivity contribution in [2.24, 2.45) is 0 Å². The zero-order chi connectivity index (χ0) is 23.7. The Kier molecular flexibility index (Phi) is 5.67. The zero-order valence-electron chi connectivity index (χ0n) is 19.5. The van der Waals surface area contributed by atoms with E-state index in [-0.39, 0.29) is 0 Å². The van der Waals surface area contributed by atoms with Crippen LogP contribution in [-0.2, 0) is 6.54 Å². The van der Waals surface area contributed by atoms with Crippen molar-refractivity contribution in [2.45, 2.75) is 13.5 Å². The van der Waals surface area contributed by atoms with Crippen LogP contribution >= 0.6 is 0 Å². The van der Waals surface area contributed by atoms with Gasteiger partial charge in [-0.1, -0.05) is 18.2 Å². The molecule has 3 aromatic carbocycles. The van der Waals surface area contributed by atoms with Crippen LogP contribution in [0.2, 0.25) is 0 Å². The number of aryl methyl sites for hydroxylation is 1. The Hall–Kier alpha value is -4.26. The Labute approximate surface area is 197 Å². The van der Waals surface area contributed by atoms with Gasteiger partial charge in [0.05, 0.1) is 26.8 Å². The van der Waals surface area contributed by atoms with Crippen molar-refractivity contribution in [3.8, 4) is 28.6 Å². The predicted molar refractivity (Wildman–Crippen MR) is 133 cm³/mol. The lowest BCUT2D eigenvalue weighted by Gasteiger charge is -2.13. The van der Waals surface area contributed by atoms with Crippen LogP contribution in [-0.4, -0.2) is 31.3 Å². The van der Waals surface area contributed by atoms with Crippen molar-refractivity contribution >= 4 is 27.7 Å². The first-order chi connectivity index (χ1) is 16.6. The highest BCUT2D eigenvalue weighted by atomic mass is 16.5. The Morgan fingerprint density at radius 1 is 0.853 bits per heavy atom. The minimum atomic E-state index is 0.585. The Bertz CT molecular complexity index is 1490. The van der Waals surface area contributed by atoms with E-state index in [1.807, 2.05) is 55.5 Å². The quantitative estimate of drug-likeness (QED) is 0.323. The minimum Gasteiger partial charge on any atom is -0.497 e. The second-order valence-electron chi connectivity index (χ2n) is 7.91. The Morgan fingerprint density at radius 3 is 2.47 bits per heavy atom. The summed E-state index contributed by atoms with van der Waals surface area (Å²) in [7, 11) is 4.89. The number of methoxy groups -OCH3 is 3. The molecule has 1 N–H and O–H groups in total. The summed E-state index contributed by atoms with van der Waals surface area (Å²) < 4.78 is 22.3. The molecule has 0 unspecified atom stereocenters. The number of furan rings is 1. The molecule has 0 saturated carbocycles. The van der Waals surface area contributed by atoms with Gasteiger partial charge in [0.1, 0.15) is 28.7 Å². The van der Waals surface area contributed by atoms with Gasteiger partial charge in [-0.2, -0.15) is 0 Å². The molecule has 2 aromatic heterocycles. The van der Waals surface area contributed by atoms with Crippen LogP contribution in [0.5, 0.6) is 17.2 Å². The number of hydrogen-bond donors (Lipinski definition) is 1. The molecule has 2 heterocycles. The molecule has 0 bridgehead atoms. The third-order valence-corrected chi connectivity index (χ3v) is 5.71. The van der Waals surface area contributed by atoms with E-state index in [0.717, 1.165) is 50.3 Å². The summed E-state index contributed by atoms with van der Waals surface area (Å²) >= 11 is 0. The first-order valence-corrected chi connectivity index (χ1v) is 10.9. The minimum absolute atomic E-state index is 0.585. The zero-order valence-corrected chi connectivity index (χ0v) is 19.5. The number of rotatable bonds is 7. The first-order valence-electron chi connectivity index (χ1n) is 10.9. The predicted octanol–water partition coefficient (Wildman–Crippen LogP) is 5.99. The van der Waals surface area contributed by atoms with Crippen LogP contribution in [0, 0.1) is 6.92 Å². The molecule has 7 nitrogen and oxygen atoms in total. The van der Waals surface area contributed by atoms with E-state index in [4.69, 9.17) is 18.6 Å². The van der Waals surface area contributed by atoms with Crippen molar-refractivity contribution < 1.29 is 18.6 Å². The number of anilines is 1. The van der Waals surface area contributed by atoms with Crippen molar-refractivity contribution in [3.63, 3.8) is 0 Å². The lowest BCUT2D eigenvalue weighted by atomic mass is 10.1. The van der Waals surface area contributed by atoms with Crippen LogP contribution in [0.3, 0.4) is 0 Å². The topological polar surface area (TPSA) is 78.6 Å². The average Bonchev–Trinajstić information content (AvgIpc) is 3.30. The van der Waals surface area contributed by atoms with E-state index in [1.165, 1.54) is 0 Å². The van der Waals surface area contributed by atoms with Gasteiger partial charge in [0.15, 0.2) is 11.5 Å². The summed E-state index contributed by atoms with van der Waals surface area (Å²) in [5, 5.41) is 5.33. The molecule has 5 aromatic rings. The third kappa shape index (κ3) is 4.08. The molecule has 0 spiro atoms. The summed E-state index contributed by atoms with van der Waals surface area (Å²) in [4.78, 5) is 9.18. The molecular weight excluding hydrogens is 430 g/mol. The number of hydrogen-bond acceptors (Lipinski definition) is 7. The van der Waals surface area contributed by atoms with Gasteiger partial charge in [-0.25, -0.2) is 9.97 Å². The number of fused-ring (bicyclic) bond motifs is 2. The maximum absolute atomic E-state index is 6.07. The fourth-order valence-electron chi connectivity index (χ4n) is 4.02. The molecule has 0 amide bonds. The highest BCUT2D eigenvalue weighted by molar-refractivity contribution is 5.92. The second kappa shape index (κ2) is 8.94. The van der Waals surface area contributed by atoms with E-state index in [9.17, 15) is 0 Å². The van der Waals surface area contributed by atoms with E-state index >= 15 is 0 Å². The Balaban J connectivity index is 1.43.